The zero-order valence-electron chi connectivity index (χ0n) is 19.1. The van der Waals surface area contributed by atoms with Gasteiger partial charge in [-0.25, -0.2) is 0 Å². The molecular weight excluding hydrogens is 457 g/mol. The minimum absolute atomic E-state index is 0.0246. The van der Waals surface area contributed by atoms with E-state index in [1.165, 1.54) is 0 Å². The molecule has 3 rings (SSSR count). The van der Waals surface area contributed by atoms with E-state index in [-0.39, 0.29) is 38.7 Å². The standard InChI is InChI=1S/C25H32NO7P/c27-24(31-16-20-8-3-1-4-9-20)14-13-22(25(28)32-17-21-10-5-2-6-11-21)19-34(29,30)33-18-23-12-7-15-26-23/h1-6,8-11,22-23,26H,7,12-19H2,(H,29,30). The number of ether oxygens (including phenoxy) is 2. The molecule has 3 atom stereocenters. The molecule has 1 heterocycles. The summed E-state index contributed by atoms with van der Waals surface area (Å²) in [6.45, 7) is 1.11. The summed E-state index contributed by atoms with van der Waals surface area (Å²) in [5.74, 6) is -2.11. The minimum atomic E-state index is -4.07. The molecule has 1 aliphatic rings. The molecule has 8 nitrogen and oxygen atoms in total. The lowest BCUT2D eigenvalue weighted by atomic mass is 10.1. The van der Waals surface area contributed by atoms with Gasteiger partial charge in [0.05, 0.1) is 18.7 Å². The predicted molar refractivity (Wildman–Crippen MR) is 127 cm³/mol. The Balaban J connectivity index is 1.54. The van der Waals surface area contributed by atoms with Crippen LogP contribution in [-0.2, 0) is 41.4 Å². The molecule has 1 fully saturated rings. The van der Waals surface area contributed by atoms with Gasteiger partial charge in [-0.2, -0.15) is 0 Å². The van der Waals surface area contributed by atoms with Crippen LogP contribution in [0.5, 0.6) is 0 Å². The molecule has 184 valence electrons. The first-order chi connectivity index (χ1) is 16.4. The molecule has 0 aliphatic carbocycles. The van der Waals surface area contributed by atoms with Crippen molar-refractivity contribution in [3.05, 3.63) is 71.8 Å². The quantitative estimate of drug-likeness (QED) is 0.323. The molecule has 9 heteroatoms. The number of esters is 2. The summed E-state index contributed by atoms with van der Waals surface area (Å²) in [4.78, 5) is 35.4. The summed E-state index contributed by atoms with van der Waals surface area (Å²) >= 11 is 0. The van der Waals surface area contributed by atoms with Crippen LogP contribution in [0, 0.1) is 5.92 Å². The molecule has 0 radical (unpaired) electrons. The first kappa shape index (κ1) is 26.1. The van der Waals surface area contributed by atoms with Gasteiger partial charge in [-0.3, -0.25) is 14.2 Å². The van der Waals surface area contributed by atoms with Crippen molar-refractivity contribution in [3.8, 4) is 0 Å². The maximum Gasteiger partial charge on any atom is 0.329 e. The lowest BCUT2D eigenvalue weighted by Crippen LogP contribution is -2.27. The van der Waals surface area contributed by atoms with Gasteiger partial charge in [0.1, 0.15) is 13.2 Å². The summed E-state index contributed by atoms with van der Waals surface area (Å²) in [6, 6.07) is 18.4. The van der Waals surface area contributed by atoms with E-state index >= 15 is 0 Å². The lowest BCUT2D eigenvalue weighted by Gasteiger charge is -2.20. The number of benzene rings is 2. The molecule has 0 amide bonds. The van der Waals surface area contributed by atoms with E-state index in [1.54, 1.807) is 0 Å². The number of rotatable bonds is 13. The Morgan fingerprint density at radius 2 is 1.62 bits per heavy atom. The molecule has 1 saturated heterocycles. The van der Waals surface area contributed by atoms with Gasteiger partial charge in [-0.15, -0.1) is 0 Å². The molecule has 3 unspecified atom stereocenters. The highest BCUT2D eigenvalue weighted by molar-refractivity contribution is 7.52. The summed E-state index contributed by atoms with van der Waals surface area (Å²) in [6.07, 6.45) is 1.39. The number of carbonyl (C=O) groups excluding carboxylic acids is 2. The molecular formula is C25H32NO7P. The van der Waals surface area contributed by atoms with Gasteiger partial charge < -0.3 is 24.2 Å². The molecule has 2 aromatic rings. The van der Waals surface area contributed by atoms with Gasteiger partial charge in [0.15, 0.2) is 0 Å². The Morgan fingerprint density at radius 3 is 2.21 bits per heavy atom. The second-order valence-electron chi connectivity index (χ2n) is 8.38. The molecule has 0 aromatic heterocycles. The Kier molecular flexibility index (Phi) is 10.3. The SMILES string of the molecule is O=C(CCC(CP(=O)(O)OCC1CCCN1)C(=O)OCc1ccccc1)OCc1ccccc1. The van der Waals surface area contributed by atoms with Crippen molar-refractivity contribution in [1.82, 2.24) is 5.32 Å². The fourth-order valence-electron chi connectivity index (χ4n) is 3.67. The Hall–Kier alpha value is -2.51. The monoisotopic (exact) mass is 489 g/mol. The molecule has 0 saturated carbocycles. The van der Waals surface area contributed by atoms with Crippen LogP contribution in [0.3, 0.4) is 0 Å². The summed E-state index contributed by atoms with van der Waals surface area (Å²) in [5, 5.41) is 3.20. The van der Waals surface area contributed by atoms with E-state index in [9.17, 15) is 19.0 Å². The molecule has 34 heavy (non-hydrogen) atoms. The van der Waals surface area contributed by atoms with Crippen molar-refractivity contribution in [2.75, 3.05) is 19.3 Å². The molecule has 0 spiro atoms. The van der Waals surface area contributed by atoms with E-state index in [0.717, 1.165) is 30.5 Å². The molecule has 2 N–H and O–H groups in total. The zero-order chi connectivity index (χ0) is 24.2. The number of hydrogen-bond donors (Lipinski definition) is 2. The Bertz CT molecular complexity index is 948. The normalized spacial score (nSPS) is 18.1. The van der Waals surface area contributed by atoms with Crippen molar-refractivity contribution in [2.24, 2.45) is 5.92 Å². The van der Waals surface area contributed by atoms with Crippen molar-refractivity contribution < 1.29 is 33.0 Å². The predicted octanol–water partition coefficient (Wildman–Crippen LogP) is 3.82. The second kappa shape index (κ2) is 13.4. The Morgan fingerprint density at radius 1 is 1.00 bits per heavy atom. The third-order valence-electron chi connectivity index (χ3n) is 5.59. The second-order valence-corrected chi connectivity index (χ2v) is 10.3. The number of nitrogens with one attached hydrogen (secondary N) is 1. The zero-order valence-corrected chi connectivity index (χ0v) is 20.0. The Labute approximate surface area is 200 Å². The van der Waals surface area contributed by atoms with Gasteiger partial charge in [0, 0.05) is 12.5 Å². The van der Waals surface area contributed by atoms with Crippen molar-refractivity contribution in [3.63, 3.8) is 0 Å². The topological polar surface area (TPSA) is 111 Å². The van der Waals surface area contributed by atoms with Gasteiger partial charge in [0.2, 0.25) is 0 Å². The van der Waals surface area contributed by atoms with Gasteiger partial charge in [0.25, 0.3) is 0 Å². The maximum atomic E-state index is 12.8. The van der Waals surface area contributed by atoms with Crippen molar-refractivity contribution in [1.29, 1.82) is 0 Å². The first-order valence-electron chi connectivity index (χ1n) is 11.5. The lowest BCUT2D eigenvalue weighted by molar-refractivity contribution is -0.150. The summed E-state index contributed by atoms with van der Waals surface area (Å²) in [5.41, 5.74) is 1.65. The van der Waals surface area contributed by atoms with Gasteiger partial charge >= 0.3 is 19.5 Å². The van der Waals surface area contributed by atoms with Crippen molar-refractivity contribution >= 4 is 19.5 Å². The third-order valence-corrected chi connectivity index (χ3v) is 7.04. The van der Waals surface area contributed by atoms with Crippen LogP contribution in [0.1, 0.15) is 36.8 Å². The number of carbonyl (C=O) groups is 2. The van der Waals surface area contributed by atoms with Gasteiger partial charge in [-0.05, 0) is 36.9 Å². The molecule has 2 aromatic carbocycles. The smallest absolute Gasteiger partial charge is 0.329 e. The van der Waals surface area contributed by atoms with E-state index < -0.39 is 31.6 Å². The van der Waals surface area contributed by atoms with E-state index in [2.05, 4.69) is 5.32 Å². The average molecular weight is 490 g/mol. The summed E-state index contributed by atoms with van der Waals surface area (Å²) in [7, 11) is -4.07. The molecule has 0 bridgehead atoms. The van der Waals surface area contributed by atoms with Crippen LogP contribution in [0.2, 0.25) is 0 Å². The van der Waals surface area contributed by atoms with Crippen molar-refractivity contribution in [2.45, 2.75) is 44.9 Å². The van der Waals surface area contributed by atoms with E-state index in [1.807, 2.05) is 60.7 Å². The summed E-state index contributed by atoms with van der Waals surface area (Å²) < 4.78 is 28.6. The average Bonchev–Trinajstić information content (AvgIpc) is 3.38. The highest BCUT2D eigenvalue weighted by Gasteiger charge is 2.32. The number of hydrogen-bond acceptors (Lipinski definition) is 7. The van der Waals surface area contributed by atoms with E-state index in [4.69, 9.17) is 14.0 Å². The minimum Gasteiger partial charge on any atom is -0.461 e. The molecule has 1 aliphatic heterocycles. The first-order valence-corrected chi connectivity index (χ1v) is 13.3. The maximum absolute atomic E-state index is 12.8. The van der Waals surface area contributed by atoms with Crippen LogP contribution in [0.25, 0.3) is 0 Å². The highest BCUT2D eigenvalue weighted by Crippen LogP contribution is 2.45. The van der Waals surface area contributed by atoms with Crippen LogP contribution in [0.4, 0.5) is 0 Å². The fourth-order valence-corrected chi connectivity index (χ4v) is 5.08. The highest BCUT2D eigenvalue weighted by atomic mass is 31.2. The van der Waals surface area contributed by atoms with Crippen LogP contribution >= 0.6 is 7.60 Å². The van der Waals surface area contributed by atoms with Crippen LogP contribution in [-0.4, -0.2) is 42.2 Å². The fraction of sp³-hybridized carbons (Fsp3) is 0.440. The van der Waals surface area contributed by atoms with Crippen LogP contribution in [0.15, 0.2) is 60.7 Å². The van der Waals surface area contributed by atoms with E-state index in [0.29, 0.717) is 0 Å². The largest absolute Gasteiger partial charge is 0.461 e. The van der Waals surface area contributed by atoms with Gasteiger partial charge in [-0.1, -0.05) is 60.7 Å². The van der Waals surface area contributed by atoms with Crippen LogP contribution < -0.4 is 5.32 Å². The third kappa shape index (κ3) is 9.39.